The molecule has 2 N–H and O–H groups in total. The number of sulfone groups is 1. The van der Waals surface area contributed by atoms with Gasteiger partial charge in [0, 0.05) is 0 Å². The third-order valence-corrected chi connectivity index (χ3v) is 2.94. The van der Waals surface area contributed by atoms with Gasteiger partial charge in [-0.05, 0) is 15.9 Å². The van der Waals surface area contributed by atoms with Crippen molar-refractivity contribution >= 4 is 25.8 Å². The van der Waals surface area contributed by atoms with E-state index in [1.807, 2.05) is 0 Å². The lowest BCUT2D eigenvalue weighted by Gasteiger charge is -1.94. The fourth-order valence-electron chi connectivity index (χ4n) is 0.584. The van der Waals surface area contributed by atoms with Gasteiger partial charge in [0.15, 0.2) is 0 Å². The Kier molecular flexibility index (Phi) is 2.80. The zero-order valence-electron chi connectivity index (χ0n) is 5.86. The molecule has 68 valence electrons. The Labute approximate surface area is 77.1 Å². The molecule has 6 nitrogen and oxygen atoms in total. The summed E-state index contributed by atoms with van der Waals surface area (Å²) >= 11 is 2.90. The number of aromatic nitrogens is 3. The van der Waals surface area contributed by atoms with Crippen LogP contribution in [0, 0.1) is 0 Å². The van der Waals surface area contributed by atoms with Gasteiger partial charge < -0.3 is 5.11 Å². The van der Waals surface area contributed by atoms with Gasteiger partial charge in [-0.15, -0.1) is 5.10 Å². The van der Waals surface area contributed by atoms with Crippen LogP contribution in [0.3, 0.4) is 0 Å². The first-order chi connectivity index (χ1) is 5.56. The summed E-state index contributed by atoms with van der Waals surface area (Å²) in [6.07, 6.45) is 0. The van der Waals surface area contributed by atoms with Crippen LogP contribution in [0.4, 0.5) is 0 Å². The lowest BCUT2D eigenvalue weighted by Crippen LogP contribution is -2.11. The molecule has 0 fully saturated rings. The number of hydrogen-bond donors (Lipinski definition) is 2. The van der Waals surface area contributed by atoms with Crippen molar-refractivity contribution in [1.82, 2.24) is 15.2 Å². The zero-order valence-corrected chi connectivity index (χ0v) is 8.26. The average molecular weight is 256 g/mol. The zero-order chi connectivity index (χ0) is 9.19. The molecule has 0 spiro atoms. The van der Waals surface area contributed by atoms with E-state index in [2.05, 4.69) is 31.1 Å². The molecule has 1 heterocycles. The van der Waals surface area contributed by atoms with Crippen LogP contribution in [0.25, 0.3) is 0 Å². The lowest BCUT2D eigenvalue weighted by molar-refractivity contribution is 0.319. The molecule has 0 aliphatic rings. The second kappa shape index (κ2) is 3.50. The van der Waals surface area contributed by atoms with Crippen LogP contribution in [0.15, 0.2) is 9.89 Å². The van der Waals surface area contributed by atoms with Gasteiger partial charge in [0.1, 0.15) is 0 Å². The minimum atomic E-state index is -3.50. The van der Waals surface area contributed by atoms with Crippen molar-refractivity contribution in [3.05, 3.63) is 4.73 Å². The number of aliphatic hydroxyl groups is 1. The Bertz CT molecular complexity index is 359. The second-order valence-electron chi connectivity index (χ2n) is 1.95. The standard InChI is InChI=1S/C4H6BrN3O3S/c5-3-6-4(8-7-3)12(10,11)2-1-9/h9H,1-2H2,(H,6,7,8). The molecule has 0 aliphatic heterocycles. The van der Waals surface area contributed by atoms with E-state index < -0.39 is 16.4 Å². The van der Waals surface area contributed by atoms with E-state index >= 15 is 0 Å². The first kappa shape index (κ1) is 9.62. The number of rotatable bonds is 3. The molecular formula is C4H6BrN3O3S. The Morgan fingerprint density at radius 1 is 1.58 bits per heavy atom. The number of hydrogen-bond acceptors (Lipinski definition) is 5. The highest BCUT2D eigenvalue weighted by molar-refractivity contribution is 9.10. The van der Waals surface area contributed by atoms with Gasteiger partial charge in [-0.1, -0.05) is 0 Å². The maximum Gasteiger partial charge on any atom is 0.244 e. The summed E-state index contributed by atoms with van der Waals surface area (Å²) < 4.78 is 22.4. The molecule has 1 rings (SSSR count). The largest absolute Gasteiger partial charge is 0.395 e. The van der Waals surface area contributed by atoms with Crippen molar-refractivity contribution in [2.75, 3.05) is 12.4 Å². The Hall–Kier alpha value is -0.470. The van der Waals surface area contributed by atoms with Crippen molar-refractivity contribution < 1.29 is 13.5 Å². The third-order valence-electron chi connectivity index (χ3n) is 1.09. The number of nitrogens with one attached hydrogen (secondary N) is 1. The lowest BCUT2D eigenvalue weighted by atomic mass is 10.9. The van der Waals surface area contributed by atoms with Crippen LogP contribution < -0.4 is 0 Å². The minimum Gasteiger partial charge on any atom is -0.395 e. The molecule has 0 saturated heterocycles. The van der Waals surface area contributed by atoms with E-state index in [4.69, 9.17) is 5.11 Å². The van der Waals surface area contributed by atoms with E-state index in [-0.39, 0.29) is 15.6 Å². The van der Waals surface area contributed by atoms with Crippen molar-refractivity contribution in [2.24, 2.45) is 0 Å². The van der Waals surface area contributed by atoms with Crippen LogP contribution in [-0.4, -0.2) is 41.1 Å². The third kappa shape index (κ3) is 2.02. The highest BCUT2D eigenvalue weighted by Gasteiger charge is 2.17. The van der Waals surface area contributed by atoms with Crippen molar-refractivity contribution in [2.45, 2.75) is 5.16 Å². The SMILES string of the molecule is O=S(=O)(CCO)c1nc(Br)n[nH]1. The van der Waals surface area contributed by atoms with E-state index in [1.165, 1.54) is 0 Å². The van der Waals surface area contributed by atoms with Crippen molar-refractivity contribution in [1.29, 1.82) is 0 Å². The fourth-order valence-corrected chi connectivity index (χ4v) is 1.81. The monoisotopic (exact) mass is 255 g/mol. The first-order valence-corrected chi connectivity index (χ1v) is 5.42. The van der Waals surface area contributed by atoms with Crippen LogP contribution >= 0.6 is 15.9 Å². The van der Waals surface area contributed by atoms with Crippen LogP contribution in [0.5, 0.6) is 0 Å². The predicted octanol–water partition coefficient (Wildman–Crippen LogP) is -0.667. The summed E-state index contributed by atoms with van der Waals surface area (Å²) in [5.74, 6) is -0.353. The van der Waals surface area contributed by atoms with E-state index in [0.717, 1.165) is 0 Å². The molecule has 0 bridgehead atoms. The quantitative estimate of drug-likeness (QED) is 0.747. The van der Waals surface area contributed by atoms with Gasteiger partial charge in [-0.3, -0.25) is 0 Å². The molecule has 0 saturated carbocycles. The molecule has 8 heteroatoms. The van der Waals surface area contributed by atoms with E-state index in [0.29, 0.717) is 0 Å². The normalized spacial score (nSPS) is 11.8. The first-order valence-electron chi connectivity index (χ1n) is 2.98. The highest BCUT2D eigenvalue weighted by Crippen LogP contribution is 2.07. The molecule has 0 aromatic carbocycles. The molecular weight excluding hydrogens is 250 g/mol. The second-order valence-corrected chi connectivity index (χ2v) is 4.69. The molecule has 12 heavy (non-hydrogen) atoms. The average Bonchev–Trinajstić information content (AvgIpc) is 2.36. The molecule has 0 amide bonds. The Balaban J connectivity index is 2.98. The van der Waals surface area contributed by atoms with Crippen LogP contribution in [-0.2, 0) is 9.84 Å². The van der Waals surface area contributed by atoms with Crippen LogP contribution in [0.1, 0.15) is 0 Å². The van der Waals surface area contributed by atoms with Gasteiger partial charge in [0.25, 0.3) is 0 Å². The predicted molar refractivity (Wildman–Crippen MR) is 43.2 cm³/mol. The maximum absolute atomic E-state index is 11.1. The van der Waals surface area contributed by atoms with Gasteiger partial charge in [-0.2, -0.15) is 4.98 Å². The molecule has 0 unspecified atom stereocenters. The number of aromatic amines is 1. The Morgan fingerprint density at radius 3 is 2.67 bits per heavy atom. The summed E-state index contributed by atoms with van der Waals surface area (Å²) in [4.78, 5) is 3.55. The summed E-state index contributed by atoms with van der Waals surface area (Å²) in [5.41, 5.74) is 0. The molecule has 1 aromatic heterocycles. The minimum absolute atomic E-state index is 0.180. The Morgan fingerprint density at radius 2 is 2.25 bits per heavy atom. The number of H-pyrrole nitrogens is 1. The molecule has 1 aromatic rings. The summed E-state index contributed by atoms with van der Waals surface area (Å²) in [7, 11) is -3.50. The number of nitrogens with zero attached hydrogens (tertiary/aromatic N) is 2. The summed E-state index contributed by atoms with van der Waals surface area (Å²) in [6.45, 7) is -0.430. The highest BCUT2D eigenvalue weighted by atomic mass is 79.9. The number of halogens is 1. The van der Waals surface area contributed by atoms with E-state index in [9.17, 15) is 8.42 Å². The maximum atomic E-state index is 11.1. The number of aliphatic hydroxyl groups excluding tert-OH is 1. The fraction of sp³-hybridized carbons (Fsp3) is 0.500. The summed E-state index contributed by atoms with van der Waals surface area (Å²) in [5, 5.41) is 13.9. The molecule has 0 radical (unpaired) electrons. The smallest absolute Gasteiger partial charge is 0.244 e. The van der Waals surface area contributed by atoms with Crippen LogP contribution in [0.2, 0.25) is 0 Å². The van der Waals surface area contributed by atoms with Gasteiger partial charge >= 0.3 is 0 Å². The molecule has 0 aliphatic carbocycles. The van der Waals surface area contributed by atoms with Gasteiger partial charge in [0.05, 0.1) is 12.4 Å². The van der Waals surface area contributed by atoms with Gasteiger partial charge in [0.2, 0.25) is 19.7 Å². The molecule has 0 atom stereocenters. The topological polar surface area (TPSA) is 95.9 Å². The van der Waals surface area contributed by atoms with Gasteiger partial charge in [-0.25, -0.2) is 13.5 Å². The van der Waals surface area contributed by atoms with Crippen molar-refractivity contribution in [3.63, 3.8) is 0 Å². The van der Waals surface area contributed by atoms with Crippen molar-refractivity contribution in [3.8, 4) is 0 Å². The van der Waals surface area contributed by atoms with E-state index in [1.54, 1.807) is 0 Å². The summed E-state index contributed by atoms with van der Waals surface area (Å²) in [6, 6.07) is 0.